The normalized spacial score (nSPS) is 12.2. The first kappa shape index (κ1) is 19.8. The average molecular weight is 401 g/mol. The van der Waals surface area contributed by atoms with Crippen LogP contribution in [0.1, 0.15) is 48.3 Å². The van der Waals surface area contributed by atoms with Gasteiger partial charge in [0.05, 0.1) is 31.3 Å². The van der Waals surface area contributed by atoms with Gasteiger partial charge in [-0.3, -0.25) is 9.59 Å². The summed E-state index contributed by atoms with van der Waals surface area (Å²) >= 11 is 6.26. The van der Waals surface area contributed by atoms with Gasteiger partial charge in [0.1, 0.15) is 0 Å². The second kappa shape index (κ2) is 8.39. The molecule has 0 aliphatic heterocycles. The van der Waals surface area contributed by atoms with E-state index in [-0.39, 0.29) is 18.4 Å². The summed E-state index contributed by atoms with van der Waals surface area (Å²) in [7, 11) is 1.30. The van der Waals surface area contributed by atoms with Crippen molar-refractivity contribution in [2.45, 2.75) is 32.4 Å². The van der Waals surface area contributed by atoms with Gasteiger partial charge in [0.2, 0.25) is 0 Å². The third-order valence-electron chi connectivity index (χ3n) is 4.37. The summed E-state index contributed by atoms with van der Waals surface area (Å²) in [4.78, 5) is 29.0. The van der Waals surface area contributed by atoms with E-state index in [4.69, 9.17) is 16.3 Å². The molecule has 0 aliphatic carbocycles. The van der Waals surface area contributed by atoms with Crippen LogP contribution >= 0.6 is 11.6 Å². The number of nitrogens with one attached hydrogen (secondary N) is 1. The lowest BCUT2D eigenvalue weighted by Gasteiger charge is -2.19. The van der Waals surface area contributed by atoms with Gasteiger partial charge in [0.25, 0.3) is 5.91 Å². The molecule has 0 radical (unpaired) electrons. The molecule has 1 aromatic carbocycles. The number of nitrogens with zero attached hydrogens (tertiary/aromatic N) is 3. The molecule has 28 heavy (non-hydrogen) atoms. The monoisotopic (exact) mass is 400 g/mol. The summed E-state index contributed by atoms with van der Waals surface area (Å²) in [6, 6.07) is 8.33. The Morgan fingerprint density at radius 1 is 1.25 bits per heavy atom. The highest BCUT2D eigenvalue weighted by atomic mass is 35.5. The van der Waals surface area contributed by atoms with Crippen LogP contribution in [0.15, 0.2) is 42.7 Å². The Bertz CT molecular complexity index is 1020. The first-order valence-electron chi connectivity index (χ1n) is 8.86. The molecule has 0 bridgehead atoms. The first-order chi connectivity index (χ1) is 13.4. The highest BCUT2D eigenvalue weighted by molar-refractivity contribution is 6.31. The number of rotatable bonds is 6. The number of carbonyl (C=O) groups is 2. The molecule has 146 valence electrons. The minimum Gasteiger partial charge on any atom is -0.469 e. The topological polar surface area (TPSA) is 86.1 Å². The second-order valence-electron chi connectivity index (χ2n) is 6.65. The molecule has 1 unspecified atom stereocenters. The smallest absolute Gasteiger partial charge is 0.307 e. The van der Waals surface area contributed by atoms with Gasteiger partial charge < -0.3 is 10.1 Å². The lowest BCUT2D eigenvalue weighted by atomic mass is 10.0. The Labute approximate surface area is 167 Å². The summed E-state index contributed by atoms with van der Waals surface area (Å²) in [5.74, 6) is -0.808. The van der Waals surface area contributed by atoms with Gasteiger partial charge in [0, 0.05) is 22.6 Å². The van der Waals surface area contributed by atoms with Crippen LogP contribution in [0.3, 0.4) is 0 Å². The molecule has 7 nitrogen and oxygen atoms in total. The maximum Gasteiger partial charge on any atom is 0.307 e. The molecule has 8 heteroatoms. The zero-order chi connectivity index (χ0) is 20.3. The summed E-state index contributed by atoms with van der Waals surface area (Å²) in [6.07, 6.45) is 3.14. The van der Waals surface area contributed by atoms with E-state index in [1.807, 2.05) is 13.8 Å². The maximum absolute atomic E-state index is 12.8. The van der Waals surface area contributed by atoms with Crippen molar-refractivity contribution in [3.8, 4) is 0 Å². The number of hydrogen-bond donors (Lipinski definition) is 1. The van der Waals surface area contributed by atoms with Gasteiger partial charge in [-0.15, -0.1) is 0 Å². The minimum atomic E-state index is -0.622. The molecule has 0 saturated carbocycles. The van der Waals surface area contributed by atoms with Crippen molar-refractivity contribution in [1.82, 2.24) is 20.1 Å². The highest BCUT2D eigenvalue weighted by Gasteiger charge is 2.22. The van der Waals surface area contributed by atoms with Crippen LogP contribution in [0.4, 0.5) is 0 Å². The number of halogens is 1. The van der Waals surface area contributed by atoms with E-state index in [0.29, 0.717) is 21.8 Å². The summed E-state index contributed by atoms with van der Waals surface area (Å²) in [5.41, 5.74) is 1.73. The number of ether oxygens (including phenoxy) is 1. The molecule has 3 rings (SSSR count). The van der Waals surface area contributed by atoms with Crippen LogP contribution in [0.2, 0.25) is 5.02 Å². The van der Waals surface area contributed by atoms with Gasteiger partial charge in [-0.1, -0.05) is 29.8 Å². The molecule has 2 aromatic heterocycles. The Balaban J connectivity index is 1.88. The first-order valence-corrected chi connectivity index (χ1v) is 9.24. The number of aromatic nitrogens is 3. The van der Waals surface area contributed by atoms with Crippen LogP contribution in [0, 0.1) is 0 Å². The van der Waals surface area contributed by atoms with Crippen molar-refractivity contribution < 1.29 is 14.3 Å². The van der Waals surface area contributed by atoms with Crippen LogP contribution < -0.4 is 5.32 Å². The van der Waals surface area contributed by atoms with Crippen molar-refractivity contribution >= 4 is 34.5 Å². The molecule has 0 saturated heterocycles. The fourth-order valence-electron chi connectivity index (χ4n) is 2.93. The van der Waals surface area contributed by atoms with Crippen molar-refractivity contribution in [3.63, 3.8) is 0 Å². The predicted octanol–water partition coefficient (Wildman–Crippen LogP) is 3.70. The van der Waals surface area contributed by atoms with Gasteiger partial charge in [0.15, 0.2) is 5.65 Å². The van der Waals surface area contributed by atoms with E-state index < -0.39 is 12.0 Å². The van der Waals surface area contributed by atoms with Crippen LogP contribution in [-0.2, 0) is 9.53 Å². The Kier molecular flexibility index (Phi) is 5.94. The lowest BCUT2D eigenvalue weighted by Crippen LogP contribution is -2.30. The van der Waals surface area contributed by atoms with E-state index in [9.17, 15) is 9.59 Å². The van der Waals surface area contributed by atoms with Crippen molar-refractivity contribution in [2.24, 2.45) is 0 Å². The predicted molar refractivity (Wildman–Crippen MR) is 106 cm³/mol. The highest BCUT2D eigenvalue weighted by Crippen LogP contribution is 2.26. The zero-order valence-electron chi connectivity index (χ0n) is 15.8. The van der Waals surface area contributed by atoms with Gasteiger partial charge in [-0.05, 0) is 31.5 Å². The van der Waals surface area contributed by atoms with Gasteiger partial charge in [-0.2, -0.15) is 5.10 Å². The summed E-state index contributed by atoms with van der Waals surface area (Å²) in [5, 5.41) is 8.40. The largest absolute Gasteiger partial charge is 0.469 e. The van der Waals surface area contributed by atoms with Crippen molar-refractivity contribution in [1.29, 1.82) is 0 Å². The lowest BCUT2D eigenvalue weighted by molar-refractivity contribution is -0.141. The zero-order valence-corrected chi connectivity index (χ0v) is 16.6. The van der Waals surface area contributed by atoms with E-state index >= 15 is 0 Å². The molecule has 1 amide bonds. The SMILES string of the molecule is COC(=O)CC(NC(=O)c1cnc2c(cnn2C(C)C)c1)c1ccccc1Cl. The van der Waals surface area contributed by atoms with Crippen LogP contribution in [0.25, 0.3) is 11.0 Å². The minimum absolute atomic E-state index is 0.0348. The fraction of sp³-hybridized carbons (Fsp3) is 0.300. The van der Waals surface area contributed by atoms with Gasteiger partial charge >= 0.3 is 5.97 Å². The third-order valence-corrected chi connectivity index (χ3v) is 4.71. The Morgan fingerprint density at radius 3 is 2.68 bits per heavy atom. The standard InChI is InChI=1S/C20H21ClN4O3/c1-12(2)25-19-13(11-23-25)8-14(10-22-19)20(27)24-17(9-18(26)28-3)15-6-4-5-7-16(15)21/h4-8,10-12,17H,9H2,1-3H3,(H,24,27). The summed E-state index contributed by atoms with van der Waals surface area (Å²) < 4.78 is 6.55. The molecule has 1 atom stereocenters. The van der Waals surface area contributed by atoms with E-state index in [2.05, 4.69) is 15.4 Å². The molecular weight excluding hydrogens is 380 g/mol. The van der Waals surface area contributed by atoms with Crippen LogP contribution in [0.5, 0.6) is 0 Å². The van der Waals surface area contributed by atoms with Crippen LogP contribution in [-0.4, -0.2) is 33.8 Å². The molecule has 0 fully saturated rings. The van der Waals surface area contributed by atoms with Gasteiger partial charge in [-0.25, -0.2) is 9.67 Å². The molecule has 1 N–H and O–H groups in total. The number of hydrogen-bond acceptors (Lipinski definition) is 5. The molecule has 2 heterocycles. The number of amides is 1. The number of methoxy groups -OCH3 is 1. The number of pyridine rings is 1. The fourth-order valence-corrected chi connectivity index (χ4v) is 3.20. The number of esters is 1. The summed E-state index contributed by atoms with van der Waals surface area (Å²) in [6.45, 7) is 4.02. The Hall–Kier alpha value is -2.93. The number of fused-ring (bicyclic) bond motifs is 1. The Morgan fingerprint density at radius 2 is 2.00 bits per heavy atom. The van der Waals surface area contributed by atoms with Crippen molar-refractivity contribution in [3.05, 3.63) is 58.9 Å². The molecule has 3 aromatic rings. The number of benzene rings is 1. The maximum atomic E-state index is 12.8. The quantitative estimate of drug-likeness (QED) is 0.637. The van der Waals surface area contributed by atoms with E-state index in [1.54, 1.807) is 41.2 Å². The van der Waals surface area contributed by atoms with E-state index in [0.717, 1.165) is 5.39 Å². The number of carbonyl (C=O) groups excluding carboxylic acids is 2. The molecule has 0 spiro atoms. The van der Waals surface area contributed by atoms with E-state index in [1.165, 1.54) is 13.3 Å². The van der Waals surface area contributed by atoms with Crippen molar-refractivity contribution in [2.75, 3.05) is 7.11 Å². The second-order valence-corrected chi connectivity index (χ2v) is 7.05. The molecular formula is C20H21ClN4O3. The third kappa shape index (κ3) is 4.14. The molecule has 0 aliphatic rings. The average Bonchev–Trinajstić information content (AvgIpc) is 3.11.